The Morgan fingerprint density at radius 1 is 1.35 bits per heavy atom. The molecule has 0 unspecified atom stereocenters. The van der Waals surface area contributed by atoms with Gasteiger partial charge in [-0.15, -0.1) is 12.4 Å². The molecule has 0 radical (unpaired) electrons. The highest BCUT2D eigenvalue weighted by Gasteiger charge is 2.19. The largest absolute Gasteiger partial charge is 0.383 e. The molecule has 0 aliphatic carbocycles. The lowest BCUT2D eigenvalue weighted by molar-refractivity contribution is -0.119. The quantitative estimate of drug-likeness (QED) is 0.445. The highest BCUT2D eigenvalue weighted by Crippen LogP contribution is 2.06. The minimum Gasteiger partial charge on any atom is -0.383 e. The highest BCUT2D eigenvalue weighted by atomic mass is 35.5. The highest BCUT2D eigenvalue weighted by molar-refractivity contribution is 7.89. The number of carbonyl (C=O) groups excluding carboxylic acids is 1. The Labute approximate surface area is 142 Å². The van der Waals surface area contributed by atoms with Gasteiger partial charge in [-0.2, -0.15) is 0 Å². The number of hydrogen-bond acceptors (Lipinski definition) is 6. The number of halogens is 1. The minimum absolute atomic E-state index is 0. The summed E-state index contributed by atoms with van der Waals surface area (Å²) in [5.74, 6) is 0.178. The van der Waals surface area contributed by atoms with Gasteiger partial charge in [0, 0.05) is 40.0 Å². The molecule has 0 fully saturated rings. The van der Waals surface area contributed by atoms with Gasteiger partial charge in [-0.05, 0) is 6.92 Å². The summed E-state index contributed by atoms with van der Waals surface area (Å²) in [6, 6.07) is 0. The van der Waals surface area contributed by atoms with E-state index in [1.54, 1.807) is 25.6 Å². The number of aromatic nitrogens is 2. The molecule has 23 heavy (non-hydrogen) atoms. The van der Waals surface area contributed by atoms with Crippen LogP contribution in [0, 0.1) is 6.92 Å². The average molecular weight is 370 g/mol. The lowest BCUT2D eigenvalue weighted by atomic mass is 10.5. The van der Waals surface area contributed by atoms with Gasteiger partial charge in [0.15, 0.2) is 5.03 Å². The van der Waals surface area contributed by atoms with Crippen LogP contribution in [0.3, 0.4) is 0 Å². The van der Waals surface area contributed by atoms with Crippen molar-refractivity contribution in [2.75, 3.05) is 39.9 Å². The number of carbonyl (C=O) groups is 1. The van der Waals surface area contributed by atoms with Crippen molar-refractivity contribution in [3.8, 4) is 0 Å². The van der Waals surface area contributed by atoms with E-state index in [4.69, 9.17) is 4.74 Å². The Kier molecular flexibility index (Phi) is 10.0. The van der Waals surface area contributed by atoms with Crippen LogP contribution in [0.1, 0.15) is 5.82 Å². The third-order valence-corrected chi connectivity index (χ3v) is 4.16. The number of nitrogens with zero attached hydrogens (tertiary/aromatic N) is 2. The second-order valence-electron chi connectivity index (χ2n) is 4.65. The van der Waals surface area contributed by atoms with E-state index in [1.165, 1.54) is 6.20 Å². The number of rotatable bonds is 10. The molecule has 3 N–H and O–H groups in total. The molecule has 0 aliphatic heterocycles. The van der Waals surface area contributed by atoms with Crippen molar-refractivity contribution in [1.82, 2.24) is 24.9 Å². The van der Waals surface area contributed by atoms with Crippen LogP contribution in [0.5, 0.6) is 0 Å². The number of sulfonamides is 1. The first-order chi connectivity index (χ1) is 10.4. The van der Waals surface area contributed by atoms with E-state index in [2.05, 4.69) is 20.3 Å². The summed E-state index contributed by atoms with van der Waals surface area (Å²) in [6.45, 7) is 3.65. The molecule has 1 aromatic rings. The molecule has 1 heterocycles. The van der Waals surface area contributed by atoms with Gasteiger partial charge in [0.2, 0.25) is 5.91 Å². The number of nitrogens with one attached hydrogen (secondary N) is 3. The van der Waals surface area contributed by atoms with E-state index in [0.717, 1.165) is 0 Å². The summed E-state index contributed by atoms with van der Waals surface area (Å²) >= 11 is 0. The van der Waals surface area contributed by atoms with Crippen molar-refractivity contribution < 1.29 is 17.9 Å². The van der Waals surface area contributed by atoms with E-state index >= 15 is 0 Å². The maximum atomic E-state index is 12.0. The Morgan fingerprint density at radius 3 is 2.61 bits per heavy atom. The molecule has 0 saturated carbocycles. The van der Waals surface area contributed by atoms with E-state index in [9.17, 15) is 13.2 Å². The second-order valence-corrected chi connectivity index (χ2v) is 6.37. The summed E-state index contributed by atoms with van der Waals surface area (Å²) in [4.78, 5) is 15.5. The molecule has 0 atom stereocenters. The lowest BCUT2D eigenvalue weighted by Gasteiger charge is -2.07. The zero-order chi connectivity index (χ0) is 16.6. The Bertz CT molecular complexity index is 571. The number of hydrogen-bond donors (Lipinski definition) is 3. The van der Waals surface area contributed by atoms with Crippen LogP contribution in [-0.4, -0.2) is 63.8 Å². The third kappa shape index (κ3) is 7.75. The number of ether oxygens (including phenoxy) is 1. The fraction of sp³-hybridized carbons (Fsp3) is 0.667. The molecule has 11 heteroatoms. The summed E-state index contributed by atoms with van der Waals surface area (Å²) in [6.07, 6.45) is 1.40. The van der Waals surface area contributed by atoms with Crippen molar-refractivity contribution in [3.63, 3.8) is 0 Å². The van der Waals surface area contributed by atoms with Crippen LogP contribution < -0.4 is 15.4 Å². The zero-order valence-electron chi connectivity index (χ0n) is 13.5. The predicted molar refractivity (Wildman–Crippen MR) is 88.1 cm³/mol. The average Bonchev–Trinajstić information content (AvgIpc) is 2.81. The molecule has 0 bridgehead atoms. The SMILES string of the molecule is COCCNCCNC(=O)CNS(=O)(=O)c1cn(C)c(C)n1.Cl. The van der Waals surface area contributed by atoms with Gasteiger partial charge in [-0.1, -0.05) is 0 Å². The summed E-state index contributed by atoms with van der Waals surface area (Å²) in [7, 11) is -0.466. The molecule has 1 amide bonds. The van der Waals surface area contributed by atoms with Crippen LogP contribution in [0.2, 0.25) is 0 Å². The Morgan fingerprint density at radius 2 is 2.04 bits per heavy atom. The first-order valence-electron chi connectivity index (χ1n) is 6.83. The first kappa shape index (κ1) is 21.8. The summed E-state index contributed by atoms with van der Waals surface area (Å²) in [5, 5.41) is 5.57. The van der Waals surface area contributed by atoms with Gasteiger partial charge < -0.3 is 19.9 Å². The van der Waals surface area contributed by atoms with Gasteiger partial charge in [0.1, 0.15) is 5.82 Å². The van der Waals surface area contributed by atoms with Crippen molar-refractivity contribution >= 4 is 28.3 Å². The van der Waals surface area contributed by atoms with Gasteiger partial charge in [0.05, 0.1) is 13.2 Å². The van der Waals surface area contributed by atoms with Gasteiger partial charge in [-0.3, -0.25) is 4.79 Å². The van der Waals surface area contributed by atoms with Crippen LogP contribution >= 0.6 is 12.4 Å². The van der Waals surface area contributed by atoms with Crippen LogP contribution in [0.4, 0.5) is 0 Å². The maximum Gasteiger partial charge on any atom is 0.260 e. The normalized spacial score (nSPS) is 11.1. The molecular weight excluding hydrogens is 346 g/mol. The zero-order valence-corrected chi connectivity index (χ0v) is 15.1. The van der Waals surface area contributed by atoms with E-state index in [1.807, 2.05) is 0 Å². The standard InChI is InChI=1S/C12H23N5O4S.ClH/c1-10-16-12(9-17(10)2)22(19,20)15-8-11(18)14-5-4-13-6-7-21-3;/h9,13,15H,4-8H2,1-3H3,(H,14,18);1H. The molecule has 0 aromatic carbocycles. The molecule has 0 spiro atoms. The first-order valence-corrected chi connectivity index (χ1v) is 8.31. The van der Waals surface area contributed by atoms with Gasteiger partial charge in [-0.25, -0.2) is 18.1 Å². The van der Waals surface area contributed by atoms with Gasteiger partial charge >= 0.3 is 0 Å². The van der Waals surface area contributed by atoms with E-state index < -0.39 is 15.9 Å². The van der Waals surface area contributed by atoms with Crippen molar-refractivity contribution in [1.29, 1.82) is 0 Å². The number of methoxy groups -OCH3 is 1. The van der Waals surface area contributed by atoms with Crippen LogP contribution in [0.15, 0.2) is 11.2 Å². The molecule has 9 nitrogen and oxygen atoms in total. The monoisotopic (exact) mass is 369 g/mol. The topological polar surface area (TPSA) is 114 Å². The third-order valence-electron chi connectivity index (χ3n) is 2.89. The van der Waals surface area contributed by atoms with Crippen LogP contribution in [-0.2, 0) is 26.6 Å². The number of imidazole rings is 1. The summed E-state index contributed by atoms with van der Waals surface area (Å²) < 4.78 is 32.6. The second kappa shape index (κ2) is 10.6. The maximum absolute atomic E-state index is 12.0. The lowest BCUT2D eigenvalue weighted by Crippen LogP contribution is -2.40. The van der Waals surface area contributed by atoms with E-state index in [0.29, 0.717) is 32.1 Å². The van der Waals surface area contributed by atoms with Crippen molar-refractivity contribution in [2.45, 2.75) is 11.9 Å². The molecule has 1 rings (SSSR count). The molecule has 0 saturated heterocycles. The fourth-order valence-corrected chi connectivity index (χ4v) is 2.56. The minimum atomic E-state index is -3.77. The fourth-order valence-electron chi connectivity index (χ4n) is 1.54. The predicted octanol–water partition coefficient (Wildman–Crippen LogP) is -1.22. The number of amides is 1. The summed E-state index contributed by atoms with van der Waals surface area (Å²) in [5.41, 5.74) is 0. The van der Waals surface area contributed by atoms with E-state index in [-0.39, 0.29) is 24.0 Å². The van der Waals surface area contributed by atoms with Crippen LogP contribution in [0.25, 0.3) is 0 Å². The van der Waals surface area contributed by atoms with Crippen molar-refractivity contribution in [2.24, 2.45) is 7.05 Å². The molecule has 134 valence electrons. The Balaban J connectivity index is 0.00000484. The van der Waals surface area contributed by atoms with Crippen molar-refractivity contribution in [3.05, 3.63) is 12.0 Å². The van der Waals surface area contributed by atoms with Gasteiger partial charge in [0.25, 0.3) is 10.0 Å². The molecule has 1 aromatic heterocycles. The number of aryl methyl sites for hydroxylation is 2. The molecular formula is C12H24ClN5O4S. The smallest absolute Gasteiger partial charge is 0.260 e. The molecule has 0 aliphatic rings. The Hall–Kier alpha value is -1.20.